The summed E-state index contributed by atoms with van der Waals surface area (Å²) in [5.41, 5.74) is 1.75. The number of aromatic nitrogens is 1. The normalized spacial score (nSPS) is 13.6. The summed E-state index contributed by atoms with van der Waals surface area (Å²) in [6.07, 6.45) is 3.99. The molecule has 3 aromatic rings. The van der Waals surface area contributed by atoms with Crippen LogP contribution in [0.25, 0.3) is 11.3 Å². The summed E-state index contributed by atoms with van der Waals surface area (Å²) in [5, 5.41) is 3.46. The highest BCUT2D eigenvalue weighted by molar-refractivity contribution is 6.31. The molecule has 1 saturated heterocycles. The second-order valence-electron chi connectivity index (χ2n) is 7.15. The number of rotatable bonds is 6. The van der Waals surface area contributed by atoms with Crippen LogP contribution in [0.4, 0.5) is 20.2 Å². The number of hydrogen-bond donors (Lipinski definition) is 1. The van der Waals surface area contributed by atoms with Gasteiger partial charge in [0.05, 0.1) is 23.1 Å². The molecule has 0 bridgehead atoms. The lowest BCUT2D eigenvalue weighted by Gasteiger charge is -2.21. The van der Waals surface area contributed by atoms with Crippen molar-refractivity contribution in [2.75, 3.05) is 23.3 Å². The maximum Gasteiger partial charge on any atom is 0.224 e. The van der Waals surface area contributed by atoms with Gasteiger partial charge in [0.2, 0.25) is 5.91 Å². The fourth-order valence-corrected chi connectivity index (χ4v) is 3.69. The first-order chi connectivity index (χ1) is 14.5. The van der Waals surface area contributed by atoms with Crippen LogP contribution < -0.4 is 10.2 Å². The Kier molecular flexibility index (Phi) is 5.99. The van der Waals surface area contributed by atoms with Crippen molar-refractivity contribution in [2.45, 2.75) is 25.7 Å². The van der Waals surface area contributed by atoms with Crippen LogP contribution in [-0.2, 0) is 11.2 Å². The number of hydrogen-bond acceptors (Lipinski definition) is 4. The van der Waals surface area contributed by atoms with Crippen LogP contribution in [0.1, 0.15) is 25.2 Å². The van der Waals surface area contributed by atoms with Crippen LogP contribution in [0.15, 0.2) is 47.0 Å². The Balaban J connectivity index is 1.40. The number of halogens is 3. The molecule has 30 heavy (non-hydrogen) atoms. The quantitative estimate of drug-likeness (QED) is 0.564. The number of amides is 1. The first-order valence-electron chi connectivity index (χ1n) is 9.74. The van der Waals surface area contributed by atoms with Gasteiger partial charge in [0.25, 0.3) is 0 Å². The number of aryl methyl sites for hydroxylation is 1. The molecule has 1 aromatic heterocycles. The minimum atomic E-state index is -0.731. The minimum Gasteiger partial charge on any atom is -0.441 e. The summed E-state index contributed by atoms with van der Waals surface area (Å²) in [4.78, 5) is 18.8. The Hall–Kier alpha value is -2.93. The monoisotopic (exact) mass is 431 g/mol. The Morgan fingerprint density at radius 1 is 1.17 bits per heavy atom. The lowest BCUT2D eigenvalue weighted by molar-refractivity contribution is -0.116. The average molecular weight is 432 g/mol. The van der Waals surface area contributed by atoms with Crippen LogP contribution >= 0.6 is 11.6 Å². The molecule has 1 aliphatic rings. The lowest BCUT2D eigenvalue weighted by Crippen LogP contribution is -2.21. The van der Waals surface area contributed by atoms with E-state index >= 15 is 0 Å². The van der Waals surface area contributed by atoms with E-state index in [9.17, 15) is 13.6 Å². The molecule has 0 unspecified atom stereocenters. The van der Waals surface area contributed by atoms with Crippen molar-refractivity contribution >= 4 is 28.9 Å². The fraction of sp³-hybridized carbons (Fsp3) is 0.273. The van der Waals surface area contributed by atoms with E-state index in [-0.39, 0.29) is 30.1 Å². The molecule has 0 saturated carbocycles. The highest BCUT2D eigenvalue weighted by atomic mass is 35.5. The van der Waals surface area contributed by atoms with Gasteiger partial charge in [0, 0.05) is 37.0 Å². The van der Waals surface area contributed by atoms with Crippen LogP contribution in [-0.4, -0.2) is 24.0 Å². The van der Waals surface area contributed by atoms with E-state index in [0.717, 1.165) is 43.8 Å². The molecule has 0 radical (unpaired) electrons. The number of nitrogens with one attached hydrogen (secondary N) is 1. The van der Waals surface area contributed by atoms with E-state index in [0.29, 0.717) is 16.6 Å². The van der Waals surface area contributed by atoms with Crippen molar-refractivity contribution in [1.29, 1.82) is 0 Å². The lowest BCUT2D eigenvalue weighted by atomic mass is 10.2. The second kappa shape index (κ2) is 8.83. The zero-order valence-electron chi connectivity index (χ0n) is 16.1. The van der Waals surface area contributed by atoms with Crippen LogP contribution in [0.2, 0.25) is 5.02 Å². The summed E-state index contributed by atoms with van der Waals surface area (Å²) < 4.78 is 32.5. The van der Waals surface area contributed by atoms with E-state index in [4.69, 9.17) is 16.0 Å². The van der Waals surface area contributed by atoms with E-state index in [1.165, 1.54) is 12.3 Å². The van der Waals surface area contributed by atoms with Gasteiger partial charge >= 0.3 is 0 Å². The molecule has 2 aromatic carbocycles. The summed E-state index contributed by atoms with van der Waals surface area (Å²) in [5.74, 6) is -1.11. The maximum absolute atomic E-state index is 13.9. The first-order valence-corrected chi connectivity index (χ1v) is 10.1. The average Bonchev–Trinajstić information content (AvgIpc) is 3.39. The van der Waals surface area contributed by atoms with Crippen molar-refractivity contribution in [1.82, 2.24) is 4.98 Å². The van der Waals surface area contributed by atoms with Crippen molar-refractivity contribution in [3.05, 3.63) is 65.1 Å². The minimum absolute atomic E-state index is 0.119. The maximum atomic E-state index is 13.9. The predicted molar refractivity (Wildman–Crippen MR) is 112 cm³/mol. The number of nitrogens with zero attached hydrogens (tertiary/aromatic N) is 2. The van der Waals surface area contributed by atoms with Crippen LogP contribution in [0.3, 0.4) is 0 Å². The number of carbonyl (C=O) groups excluding carboxylic acids is 1. The molecule has 8 heteroatoms. The van der Waals surface area contributed by atoms with Gasteiger partial charge < -0.3 is 14.6 Å². The predicted octanol–water partition coefficient (Wildman–Crippen LogP) is 5.44. The molecule has 4 rings (SSSR count). The molecule has 1 fully saturated rings. The van der Waals surface area contributed by atoms with E-state index < -0.39 is 11.6 Å². The summed E-state index contributed by atoms with van der Waals surface area (Å²) in [6.45, 7) is 1.90. The molecule has 1 aliphatic heterocycles. The van der Waals surface area contributed by atoms with Crippen molar-refractivity contribution in [3.8, 4) is 11.3 Å². The third kappa shape index (κ3) is 4.62. The number of anilines is 2. The third-order valence-electron chi connectivity index (χ3n) is 5.00. The number of oxazole rings is 1. The van der Waals surface area contributed by atoms with Crippen molar-refractivity contribution in [2.24, 2.45) is 0 Å². The molecule has 0 spiro atoms. The molecule has 0 aliphatic carbocycles. The topological polar surface area (TPSA) is 58.4 Å². The Bertz CT molecular complexity index is 1060. The summed E-state index contributed by atoms with van der Waals surface area (Å²) in [6, 6.07) is 8.70. The van der Waals surface area contributed by atoms with Gasteiger partial charge in [-0.2, -0.15) is 0 Å². The van der Waals surface area contributed by atoms with E-state index in [1.807, 2.05) is 12.1 Å². The van der Waals surface area contributed by atoms with Gasteiger partial charge in [-0.1, -0.05) is 11.6 Å². The molecule has 5 nitrogen and oxygen atoms in total. The summed E-state index contributed by atoms with van der Waals surface area (Å²) >= 11 is 6.11. The van der Waals surface area contributed by atoms with Gasteiger partial charge in [-0.05, 0) is 43.2 Å². The zero-order chi connectivity index (χ0) is 21.1. The van der Waals surface area contributed by atoms with E-state index in [2.05, 4.69) is 15.2 Å². The van der Waals surface area contributed by atoms with Crippen molar-refractivity contribution < 1.29 is 18.0 Å². The molecular formula is C22H20ClF2N3O2. The van der Waals surface area contributed by atoms with Crippen molar-refractivity contribution in [3.63, 3.8) is 0 Å². The molecule has 1 amide bonds. The standard InChI is InChI=1S/C22H20ClF2N3O2/c23-14-3-6-19(28-9-1-2-10-28)18(11-14)27-21(29)7-8-22-26-13-20(30-22)16-5-4-15(24)12-17(16)25/h3-6,11-13H,1-2,7-10H2,(H,27,29). The fourth-order valence-electron chi connectivity index (χ4n) is 3.51. The smallest absolute Gasteiger partial charge is 0.224 e. The van der Waals surface area contributed by atoms with Crippen LogP contribution in [0, 0.1) is 11.6 Å². The van der Waals surface area contributed by atoms with Gasteiger partial charge in [0.1, 0.15) is 11.6 Å². The highest BCUT2D eigenvalue weighted by Crippen LogP contribution is 2.32. The zero-order valence-corrected chi connectivity index (χ0v) is 16.9. The largest absolute Gasteiger partial charge is 0.441 e. The molecular weight excluding hydrogens is 412 g/mol. The Morgan fingerprint density at radius 3 is 2.73 bits per heavy atom. The third-order valence-corrected chi connectivity index (χ3v) is 5.23. The number of benzene rings is 2. The molecule has 1 N–H and O–H groups in total. The van der Waals surface area contributed by atoms with Gasteiger partial charge in [-0.25, -0.2) is 13.8 Å². The van der Waals surface area contributed by atoms with Gasteiger partial charge in [0.15, 0.2) is 11.7 Å². The van der Waals surface area contributed by atoms with Gasteiger partial charge in [-0.15, -0.1) is 0 Å². The Labute approximate surface area is 177 Å². The SMILES string of the molecule is O=C(CCc1ncc(-c2ccc(F)cc2F)o1)Nc1cc(Cl)ccc1N1CCCC1. The highest BCUT2D eigenvalue weighted by Gasteiger charge is 2.18. The first kappa shape index (κ1) is 20.3. The second-order valence-corrected chi connectivity index (χ2v) is 7.58. The van der Waals surface area contributed by atoms with E-state index in [1.54, 1.807) is 6.07 Å². The summed E-state index contributed by atoms with van der Waals surface area (Å²) in [7, 11) is 0. The van der Waals surface area contributed by atoms with Gasteiger partial charge in [-0.3, -0.25) is 4.79 Å². The number of carbonyl (C=O) groups is 1. The molecule has 156 valence electrons. The molecule has 0 atom stereocenters. The Morgan fingerprint density at radius 2 is 1.97 bits per heavy atom. The molecule has 2 heterocycles. The van der Waals surface area contributed by atoms with Crippen LogP contribution in [0.5, 0.6) is 0 Å².